The molecule has 0 aromatic carbocycles. The second kappa shape index (κ2) is 6.65. The zero-order chi connectivity index (χ0) is 14.4. The number of imidazole rings is 1. The summed E-state index contributed by atoms with van der Waals surface area (Å²) in [6.07, 6.45) is 8.82. The number of hydrogen-bond donors (Lipinski definition) is 1. The van der Waals surface area contributed by atoms with Gasteiger partial charge in [-0.05, 0) is 25.3 Å². The summed E-state index contributed by atoms with van der Waals surface area (Å²) >= 11 is 0. The Balaban J connectivity index is 1.75. The molecule has 0 saturated heterocycles. The fourth-order valence-electron chi connectivity index (χ4n) is 1.89. The molecule has 0 aliphatic heterocycles. The fourth-order valence-corrected chi connectivity index (χ4v) is 1.89. The molecular formula is C13H17N5O2. The normalized spacial score (nSPS) is 10.4. The summed E-state index contributed by atoms with van der Waals surface area (Å²) in [5.74, 6) is 0.707. The molecule has 0 saturated carbocycles. The van der Waals surface area contributed by atoms with Gasteiger partial charge in [0, 0.05) is 31.5 Å². The summed E-state index contributed by atoms with van der Waals surface area (Å²) in [5, 5.41) is 13.8. The van der Waals surface area contributed by atoms with Crippen molar-refractivity contribution in [1.29, 1.82) is 0 Å². The van der Waals surface area contributed by atoms with Crippen LogP contribution in [0.5, 0.6) is 0 Å². The Bertz CT molecular complexity index is 568. The van der Waals surface area contributed by atoms with Crippen molar-refractivity contribution < 1.29 is 4.92 Å². The lowest BCUT2D eigenvalue weighted by atomic mass is 10.2. The fraction of sp³-hybridized carbons (Fsp3) is 0.385. The lowest BCUT2D eigenvalue weighted by Gasteiger charge is -2.08. The molecule has 0 aliphatic rings. The average Bonchev–Trinajstić information content (AvgIpc) is 2.93. The maximum atomic E-state index is 10.6. The van der Waals surface area contributed by atoms with E-state index >= 15 is 0 Å². The van der Waals surface area contributed by atoms with Crippen LogP contribution in [0.4, 0.5) is 11.5 Å². The van der Waals surface area contributed by atoms with E-state index in [1.165, 1.54) is 12.3 Å². The van der Waals surface area contributed by atoms with E-state index in [-0.39, 0.29) is 5.69 Å². The van der Waals surface area contributed by atoms with Crippen LogP contribution in [0.3, 0.4) is 0 Å². The molecule has 0 bridgehead atoms. The minimum atomic E-state index is -0.436. The van der Waals surface area contributed by atoms with Crippen LogP contribution >= 0.6 is 0 Å². The van der Waals surface area contributed by atoms with E-state index in [0.29, 0.717) is 5.82 Å². The molecular weight excluding hydrogens is 258 g/mol. The van der Waals surface area contributed by atoms with E-state index in [2.05, 4.69) is 15.3 Å². The monoisotopic (exact) mass is 275 g/mol. The molecule has 2 aromatic heterocycles. The van der Waals surface area contributed by atoms with Gasteiger partial charge in [-0.1, -0.05) is 0 Å². The van der Waals surface area contributed by atoms with Gasteiger partial charge >= 0.3 is 0 Å². The Hall–Kier alpha value is -2.44. The quantitative estimate of drug-likeness (QED) is 0.476. The Labute approximate surface area is 116 Å². The van der Waals surface area contributed by atoms with Crippen LogP contribution in [0, 0.1) is 17.0 Å². The number of unbranched alkanes of at least 4 members (excludes halogenated alkanes) is 1. The number of nitrogens with zero attached hydrogens (tertiary/aromatic N) is 4. The first-order valence-corrected chi connectivity index (χ1v) is 6.47. The molecule has 0 aliphatic carbocycles. The first-order valence-electron chi connectivity index (χ1n) is 6.47. The number of nitrogens with one attached hydrogen (secondary N) is 1. The third-order valence-electron chi connectivity index (χ3n) is 2.97. The van der Waals surface area contributed by atoms with Crippen molar-refractivity contribution in [2.75, 3.05) is 11.9 Å². The van der Waals surface area contributed by atoms with Crippen molar-refractivity contribution >= 4 is 11.5 Å². The maximum absolute atomic E-state index is 10.6. The van der Waals surface area contributed by atoms with Gasteiger partial charge in [-0.25, -0.2) is 9.97 Å². The number of hydrogen-bond acceptors (Lipinski definition) is 5. The van der Waals surface area contributed by atoms with Gasteiger partial charge in [0.25, 0.3) is 5.69 Å². The molecule has 0 amide bonds. The van der Waals surface area contributed by atoms with Gasteiger partial charge in [0.05, 0.1) is 11.3 Å². The molecule has 2 aromatic rings. The second-order valence-corrected chi connectivity index (χ2v) is 4.55. The van der Waals surface area contributed by atoms with Crippen molar-refractivity contribution in [3.05, 3.63) is 46.7 Å². The van der Waals surface area contributed by atoms with Gasteiger partial charge in [0.1, 0.15) is 12.0 Å². The summed E-state index contributed by atoms with van der Waals surface area (Å²) in [6.45, 7) is 3.54. The van der Waals surface area contributed by atoms with Gasteiger partial charge in [0.2, 0.25) is 0 Å². The minimum Gasteiger partial charge on any atom is -0.370 e. The van der Waals surface area contributed by atoms with Gasteiger partial charge in [-0.2, -0.15) is 0 Å². The molecule has 7 nitrogen and oxygen atoms in total. The number of aromatic nitrogens is 3. The molecule has 0 fully saturated rings. The van der Waals surface area contributed by atoms with Crippen molar-refractivity contribution in [2.24, 2.45) is 0 Å². The van der Waals surface area contributed by atoms with E-state index in [0.717, 1.165) is 31.5 Å². The van der Waals surface area contributed by atoms with E-state index in [1.807, 2.05) is 17.7 Å². The van der Waals surface area contributed by atoms with Crippen molar-refractivity contribution in [2.45, 2.75) is 26.3 Å². The molecule has 0 spiro atoms. The molecule has 1 N–H and O–H groups in total. The van der Waals surface area contributed by atoms with Crippen LogP contribution in [-0.4, -0.2) is 26.0 Å². The van der Waals surface area contributed by atoms with E-state index in [4.69, 9.17) is 0 Å². The summed E-state index contributed by atoms with van der Waals surface area (Å²) < 4.78 is 2.04. The third kappa shape index (κ3) is 3.78. The Morgan fingerprint density at radius 2 is 2.30 bits per heavy atom. The van der Waals surface area contributed by atoms with E-state index in [1.54, 1.807) is 12.5 Å². The topological polar surface area (TPSA) is 85.9 Å². The molecule has 2 heterocycles. The lowest BCUT2D eigenvalue weighted by Crippen LogP contribution is -2.06. The van der Waals surface area contributed by atoms with Crippen molar-refractivity contribution in [3.63, 3.8) is 0 Å². The zero-order valence-corrected chi connectivity index (χ0v) is 11.3. The number of rotatable bonds is 7. The zero-order valence-electron chi connectivity index (χ0n) is 11.3. The molecule has 20 heavy (non-hydrogen) atoms. The third-order valence-corrected chi connectivity index (χ3v) is 2.97. The highest BCUT2D eigenvalue weighted by Gasteiger charge is 2.08. The van der Waals surface area contributed by atoms with Gasteiger partial charge in [-0.3, -0.25) is 10.1 Å². The first-order chi connectivity index (χ1) is 9.66. The molecule has 2 rings (SSSR count). The maximum Gasteiger partial charge on any atom is 0.287 e. The molecule has 0 unspecified atom stereocenters. The van der Waals surface area contributed by atoms with Crippen LogP contribution in [-0.2, 0) is 6.54 Å². The Kier molecular flexibility index (Phi) is 4.65. The van der Waals surface area contributed by atoms with Crippen LogP contribution in [0.1, 0.15) is 18.4 Å². The predicted molar refractivity (Wildman–Crippen MR) is 75.6 cm³/mol. The van der Waals surface area contributed by atoms with E-state index in [9.17, 15) is 10.1 Å². The molecule has 7 heteroatoms. The van der Waals surface area contributed by atoms with Gasteiger partial charge in [0.15, 0.2) is 0 Å². The highest BCUT2D eigenvalue weighted by atomic mass is 16.6. The first kappa shape index (κ1) is 14.0. The number of aryl methyl sites for hydroxylation is 2. The average molecular weight is 275 g/mol. The minimum absolute atomic E-state index is 0.0214. The van der Waals surface area contributed by atoms with Crippen molar-refractivity contribution in [3.8, 4) is 0 Å². The number of anilines is 1. The summed E-state index contributed by atoms with van der Waals surface area (Å²) in [7, 11) is 0. The van der Waals surface area contributed by atoms with Crippen LogP contribution < -0.4 is 5.32 Å². The number of pyridine rings is 1. The SMILES string of the molecule is Cc1cc([N+](=O)[O-])cnc1NCCCCn1ccnc1. The predicted octanol–water partition coefficient (Wildman–Crippen LogP) is 2.39. The largest absolute Gasteiger partial charge is 0.370 e. The van der Waals surface area contributed by atoms with Crippen molar-refractivity contribution in [1.82, 2.24) is 14.5 Å². The van der Waals surface area contributed by atoms with Crippen LogP contribution in [0.25, 0.3) is 0 Å². The Morgan fingerprint density at radius 1 is 1.45 bits per heavy atom. The van der Waals surface area contributed by atoms with Gasteiger partial charge < -0.3 is 9.88 Å². The highest BCUT2D eigenvalue weighted by Crippen LogP contribution is 2.17. The standard InChI is InChI=1S/C13H17N5O2/c1-11-8-12(18(19)20)9-16-13(11)15-4-2-3-6-17-7-5-14-10-17/h5,7-10H,2-4,6H2,1H3,(H,15,16). The van der Waals surface area contributed by atoms with Crippen LogP contribution in [0.2, 0.25) is 0 Å². The smallest absolute Gasteiger partial charge is 0.287 e. The van der Waals surface area contributed by atoms with Crippen LogP contribution in [0.15, 0.2) is 31.0 Å². The lowest BCUT2D eigenvalue weighted by molar-refractivity contribution is -0.385. The second-order valence-electron chi connectivity index (χ2n) is 4.55. The highest BCUT2D eigenvalue weighted by molar-refractivity contribution is 5.48. The summed E-state index contributed by atoms with van der Waals surface area (Å²) in [4.78, 5) is 18.2. The summed E-state index contributed by atoms with van der Waals surface area (Å²) in [6, 6.07) is 1.53. The molecule has 106 valence electrons. The Morgan fingerprint density at radius 3 is 2.95 bits per heavy atom. The van der Waals surface area contributed by atoms with Gasteiger partial charge in [-0.15, -0.1) is 0 Å². The number of nitro groups is 1. The molecule has 0 atom stereocenters. The molecule has 0 radical (unpaired) electrons. The van der Waals surface area contributed by atoms with E-state index < -0.39 is 4.92 Å². The summed E-state index contributed by atoms with van der Waals surface area (Å²) in [5.41, 5.74) is 0.807.